The van der Waals surface area contributed by atoms with Gasteiger partial charge in [-0.1, -0.05) is 18.6 Å². The van der Waals surface area contributed by atoms with E-state index in [1.54, 1.807) is 12.3 Å². The third-order valence-electron chi connectivity index (χ3n) is 6.58. The van der Waals surface area contributed by atoms with Crippen molar-refractivity contribution in [3.8, 4) is 0 Å². The fraction of sp³-hybridized carbons (Fsp3) is 0.385. The Bertz CT molecular complexity index is 1050. The summed E-state index contributed by atoms with van der Waals surface area (Å²) in [5, 5.41) is 5.70. The summed E-state index contributed by atoms with van der Waals surface area (Å²) >= 11 is 0. The number of imide groups is 1. The molecule has 0 aromatic heterocycles. The summed E-state index contributed by atoms with van der Waals surface area (Å²) in [4.78, 5) is 29.8. The molecule has 0 saturated carbocycles. The third-order valence-corrected chi connectivity index (χ3v) is 6.58. The maximum Gasteiger partial charge on any atom is 0.260 e. The summed E-state index contributed by atoms with van der Waals surface area (Å²) in [6.45, 7) is 6.25. The van der Waals surface area contributed by atoms with Crippen LogP contribution in [0.5, 0.6) is 0 Å². The topological polar surface area (TPSA) is 73.9 Å². The number of amides is 2. The highest BCUT2D eigenvalue weighted by Crippen LogP contribution is 2.29. The monoisotopic (exact) mass is 446 g/mol. The molecule has 0 bridgehead atoms. The first-order valence-corrected chi connectivity index (χ1v) is 11.8. The van der Waals surface area contributed by atoms with Gasteiger partial charge < -0.3 is 15.0 Å². The maximum absolute atomic E-state index is 12.7. The van der Waals surface area contributed by atoms with Gasteiger partial charge in [0.1, 0.15) is 0 Å². The molecule has 0 aliphatic carbocycles. The summed E-state index contributed by atoms with van der Waals surface area (Å²) in [5.41, 5.74) is 4.81. The summed E-state index contributed by atoms with van der Waals surface area (Å²) in [7, 11) is 0. The lowest BCUT2D eigenvalue weighted by Gasteiger charge is -2.30. The molecule has 5 rings (SSSR count). The standard InChI is InChI=1S/C26H30N4O3/c31-25-22-9-8-21(30-12-14-33-15-13-30)16-23(22)24(26(32)28-25)17-27-20-6-4-19(5-7-20)18-29-10-2-1-3-11-29/h4-9,16-17,27H,1-3,10-15,18H2,(H,28,31,32). The van der Waals surface area contributed by atoms with Crippen molar-refractivity contribution in [2.75, 3.05) is 49.6 Å². The number of nitrogens with one attached hydrogen (secondary N) is 2. The van der Waals surface area contributed by atoms with Gasteiger partial charge in [-0.25, -0.2) is 0 Å². The van der Waals surface area contributed by atoms with Gasteiger partial charge in [0.25, 0.3) is 11.8 Å². The van der Waals surface area contributed by atoms with Crippen LogP contribution in [0.3, 0.4) is 0 Å². The van der Waals surface area contributed by atoms with Crippen molar-refractivity contribution in [3.05, 3.63) is 65.4 Å². The smallest absolute Gasteiger partial charge is 0.260 e. The molecule has 0 atom stereocenters. The van der Waals surface area contributed by atoms with Crippen LogP contribution in [0, 0.1) is 0 Å². The second kappa shape index (κ2) is 9.77. The maximum atomic E-state index is 12.7. The van der Waals surface area contributed by atoms with E-state index in [0.29, 0.717) is 29.9 Å². The molecule has 7 heteroatoms. The third kappa shape index (κ3) is 4.94. The van der Waals surface area contributed by atoms with Crippen molar-refractivity contribution >= 4 is 28.8 Å². The number of benzene rings is 2. The SMILES string of the molecule is O=C1NC(=O)c2ccc(N3CCOCC3)cc2C1=CNc1ccc(CN2CCCCC2)cc1. The molecule has 3 aliphatic rings. The number of carbonyl (C=O) groups is 2. The van der Waals surface area contributed by atoms with Gasteiger partial charge in [-0.3, -0.25) is 19.8 Å². The van der Waals surface area contributed by atoms with Crippen molar-refractivity contribution in [3.63, 3.8) is 0 Å². The van der Waals surface area contributed by atoms with Crippen LogP contribution in [0.1, 0.15) is 40.7 Å². The quantitative estimate of drug-likeness (QED) is 0.543. The van der Waals surface area contributed by atoms with Crippen molar-refractivity contribution in [1.82, 2.24) is 10.2 Å². The highest BCUT2D eigenvalue weighted by Gasteiger charge is 2.28. The van der Waals surface area contributed by atoms with Crippen LogP contribution in [0.25, 0.3) is 5.57 Å². The number of fused-ring (bicyclic) bond motifs is 1. The predicted molar refractivity (Wildman–Crippen MR) is 129 cm³/mol. The Kier molecular flexibility index (Phi) is 6.41. The zero-order valence-electron chi connectivity index (χ0n) is 18.8. The molecule has 2 N–H and O–H groups in total. The minimum atomic E-state index is -0.388. The van der Waals surface area contributed by atoms with Crippen LogP contribution < -0.4 is 15.5 Å². The summed E-state index contributed by atoms with van der Waals surface area (Å²) in [6.07, 6.45) is 5.60. The van der Waals surface area contributed by atoms with Gasteiger partial charge >= 0.3 is 0 Å². The molecule has 0 spiro atoms. The van der Waals surface area contributed by atoms with E-state index >= 15 is 0 Å². The van der Waals surface area contributed by atoms with Crippen molar-refractivity contribution in [2.24, 2.45) is 0 Å². The van der Waals surface area contributed by atoms with Crippen molar-refractivity contribution in [1.29, 1.82) is 0 Å². The number of carbonyl (C=O) groups excluding carboxylic acids is 2. The first-order chi connectivity index (χ1) is 16.2. The van der Waals surface area contributed by atoms with Gasteiger partial charge in [0, 0.05) is 48.3 Å². The predicted octanol–water partition coefficient (Wildman–Crippen LogP) is 3.23. The first-order valence-electron chi connectivity index (χ1n) is 11.8. The van der Waals surface area contributed by atoms with Crippen LogP contribution in [0.4, 0.5) is 11.4 Å². The first kappa shape index (κ1) is 21.7. The van der Waals surface area contributed by atoms with Crippen LogP contribution in [0.15, 0.2) is 48.7 Å². The van der Waals surface area contributed by atoms with Crippen molar-refractivity contribution < 1.29 is 14.3 Å². The van der Waals surface area contributed by atoms with Gasteiger partial charge in [0.2, 0.25) is 0 Å². The van der Waals surface area contributed by atoms with E-state index in [-0.39, 0.29) is 11.8 Å². The Morgan fingerprint density at radius 3 is 2.39 bits per heavy atom. The Morgan fingerprint density at radius 2 is 1.64 bits per heavy atom. The molecule has 2 amide bonds. The highest BCUT2D eigenvalue weighted by molar-refractivity contribution is 6.31. The minimum Gasteiger partial charge on any atom is -0.378 e. The Hall–Kier alpha value is -3.16. The van der Waals surface area contributed by atoms with Crippen LogP contribution >= 0.6 is 0 Å². The van der Waals surface area contributed by atoms with Crippen LogP contribution in [-0.4, -0.2) is 56.1 Å². The average molecular weight is 447 g/mol. The molecule has 2 aromatic rings. The zero-order chi connectivity index (χ0) is 22.6. The number of piperidine rings is 1. The van der Waals surface area contributed by atoms with E-state index < -0.39 is 0 Å². The van der Waals surface area contributed by atoms with E-state index in [1.165, 1.54) is 37.9 Å². The number of hydrogen-bond acceptors (Lipinski definition) is 6. The lowest BCUT2D eigenvalue weighted by molar-refractivity contribution is -0.114. The minimum absolute atomic E-state index is 0.359. The number of nitrogens with zero attached hydrogens (tertiary/aromatic N) is 2. The van der Waals surface area contributed by atoms with Crippen LogP contribution in [-0.2, 0) is 16.1 Å². The highest BCUT2D eigenvalue weighted by atomic mass is 16.5. The summed E-state index contributed by atoms with van der Waals surface area (Å²) < 4.78 is 5.44. The van der Waals surface area contributed by atoms with E-state index in [1.807, 2.05) is 24.3 Å². The molecule has 172 valence electrons. The number of hydrogen-bond donors (Lipinski definition) is 2. The summed E-state index contributed by atoms with van der Waals surface area (Å²) in [6, 6.07) is 14.0. The molecule has 7 nitrogen and oxygen atoms in total. The molecule has 33 heavy (non-hydrogen) atoms. The number of ether oxygens (including phenoxy) is 1. The zero-order valence-corrected chi connectivity index (χ0v) is 18.8. The van der Waals surface area contributed by atoms with E-state index in [0.717, 1.165) is 31.0 Å². The molecule has 0 radical (unpaired) electrons. The molecular weight excluding hydrogens is 416 g/mol. The second-order valence-corrected chi connectivity index (χ2v) is 8.85. The van der Waals surface area contributed by atoms with E-state index in [2.05, 4.69) is 32.6 Å². The van der Waals surface area contributed by atoms with Gasteiger partial charge in [-0.15, -0.1) is 0 Å². The largest absolute Gasteiger partial charge is 0.378 e. The molecule has 3 aliphatic heterocycles. The summed E-state index contributed by atoms with van der Waals surface area (Å²) in [5.74, 6) is -0.747. The second-order valence-electron chi connectivity index (χ2n) is 8.85. The van der Waals surface area contributed by atoms with Crippen LogP contribution in [0.2, 0.25) is 0 Å². The molecule has 2 aromatic carbocycles. The van der Waals surface area contributed by atoms with E-state index in [4.69, 9.17) is 4.74 Å². The average Bonchev–Trinajstić information content (AvgIpc) is 2.86. The number of rotatable bonds is 5. The van der Waals surface area contributed by atoms with Gasteiger partial charge in [-0.05, 0) is 61.8 Å². The molecule has 0 unspecified atom stereocenters. The Labute approximate surface area is 194 Å². The van der Waals surface area contributed by atoms with Gasteiger partial charge in [-0.2, -0.15) is 0 Å². The molecular formula is C26H30N4O3. The molecule has 3 heterocycles. The van der Waals surface area contributed by atoms with Gasteiger partial charge in [0.05, 0.1) is 18.8 Å². The Morgan fingerprint density at radius 1 is 0.879 bits per heavy atom. The number of anilines is 2. The number of likely N-dealkylation sites (tertiary alicyclic amines) is 1. The fourth-order valence-corrected chi connectivity index (χ4v) is 4.71. The lowest BCUT2D eigenvalue weighted by Crippen LogP contribution is -2.38. The molecule has 2 saturated heterocycles. The normalized spacial score (nSPS) is 20.5. The Balaban J connectivity index is 1.34. The van der Waals surface area contributed by atoms with Crippen molar-refractivity contribution in [2.45, 2.75) is 25.8 Å². The number of morpholine rings is 1. The van der Waals surface area contributed by atoms with E-state index in [9.17, 15) is 9.59 Å². The lowest BCUT2D eigenvalue weighted by atomic mass is 9.94. The molecule has 2 fully saturated rings. The van der Waals surface area contributed by atoms with Gasteiger partial charge in [0.15, 0.2) is 0 Å². The fourth-order valence-electron chi connectivity index (χ4n) is 4.71.